The molecule has 1 amide bonds. The molecule has 0 aliphatic carbocycles. The molecule has 4 rings (SSSR count). The average Bonchev–Trinajstić information content (AvgIpc) is 3.23. The van der Waals surface area contributed by atoms with Gasteiger partial charge in [-0.3, -0.25) is 14.4 Å². The van der Waals surface area contributed by atoms with Gasteiger partial charge in [-0.2, -0.15) is 5.10 Å². The number of halogens is 1. The summed E-state index contributed by atoms with van der Waals surface area (Å²) < 4.78 is 15.1. The molecule has 162 valence electrons. The molecule has 4 aromatic rings. The number of likely N-dealkylation sites (N-methyl/N-ethyl adjacent to an activating group) is 1. The van der Waals surface area contributed by atoms with E-state index >= 15 is 0 Å². The van der Waals surface area contributed by atoms with Crippen LogP contribution >= 0.6 is 0 Å². The monoisotopic (exact) mass is 428 g/mol. The van der Waals surface area contributed by atoms with Crippen LogP contribution in [-0.4, -0.2) is 27.6 Å². The first-order valence-electron chi connectivity index (χ1n) is 10.5. The summed E-state index contributed by atoms with van der Waals surface area (Å²) in [5.41, 5.74) is 3.63. The molecule has 0 spiro atoms. The molecule has 0 saturated carbocycles. The van der Waals surface area contributed by atoms with Crippen LogP contribution < -0.4 is 5.32 Å². The Morgan fingerprint density at radius 2 is 1.62 bits per heavy atom. The standard InChI is InChI=1S/C26H25FN4O/c1-30(17-21-16-28-31(19-21)18-20-8-4-2-5-9-20)25(22-10-6-3-7-11-22)26(32)29-24-14-12-23(27)13-15-24/h2-16,19,25H,17-18H2,1H3,(H,29,32)/t25-/m0/s1. The summed E-state index contributed by atoms with van der Waals surface area (Å²) in [7, 11) is 1.91. The number of anilines is 1. The summed E-state index contributed by atoms with van der Waals surface area (Å²) in [5, 5.41) is 7.38. The number of benzene rings is 3. The SMILES string of the molecule is CN(Cc1cnn(Cc2ccccc2)c1)[C@H](C(=O)Nc1ccc(F)cc1)c1ccccc1. The van der Waals surface area contributed by atoms with Crippen LogP contribution in [0.5, 0.6) is 0 Å². The predicted octanol–water partition coefficient (Wildman–Crippen LogP) is 4.88. The molecule has 0 aliphatic heterocycles. The molecular weight excluding hydrogens is 403 g/mol. The molecule has 5 nitrogen and oxygen atoms in total. The minimum Gasteiger partial charge on any atom is -0.324 e. The van der Waals surface area contributed by atoms with Gasteiger partial charge < -0.3 is 5.32 Å². The van der Waals surface area contributed by atoms with Crippen molar-refractivity contribution < 1.29 is 9.18 Å². The van der Waals surface area contributed by atoms with Crippen molar-refractivity contribution in [2.45, 2.75) is 19.1 Å². The highest BCUT2D eigenvalue weighted by molar-refractivity contribution is 5.95. The Morgan fingerprint density at radius 3 is 2.31 bits per heavy atom. The Morgan fingerprint density at radius 1 is 0.969 bits per heavy atom. The number of carbonyl (C=O) groups is 1. The van der Waals surface area contributed by atoms with Gasteiger partial charge in [-0.25, -0.2) is 4.39 Å². The van der Waals surface area contributed by atoms with E-state index < -0.39 is 6.04 Å². The summed E-state index contributed by atoms with van der Waals surface area (Å²) in [6, 6.07) is 25.0. The van der Waals surface area contributed by atoms with Crippen molar-refractivity contribution in [3.63, 3.8) is 0 Å². The van der Waals surface area contributed by atoms with Gasteiger partial charge in [0.15, 0.2) is 0 Å². The van der Waals surface area contributed by atoms with Crippen LogP contribution in [0.15, 0.2) is 97.3 Å². The van der Waals surface area contributed by atoms with Gasteiger partial charge in [-0.1, -0.05) is 60.7 Å². The van der Waals surface area contributed by atoms with Crippen molar-refractivity contribution >= 4 is 11.6 Å². The zero-order valence-electron chi connectivity index (χ0n) is 17.9. The molecule has 32 heavy (non-hydrogen) atoms. The Bertz CT molecular complexity index is 1140. The molecule has 0 unspecified atom stereocenters. The van der Waals surface area contributed by atoms with Crippen LogP contribution in [0.4, 0.5) is 10.1 Å². The lowest BCUT2D eigenvalue weighted by atomic mass is 10.0. The van der Waals surface area contributed by atoms with Gasteiger partial charge in [0, 0.05) is 24.0 Å². The molecule has 6 heteroatoms. The second-order valence-corrected chi connectivity index (χ2v) is 7.76. The number of hydrogen-bond donors (Lipinski definition) is 1. The molecule has 0 aliphatic rings. The first-order chi connectivity index (χ1) is 15.6. The molecule has 0 bridgehead atoms. The molecular formula is C26H25FN4O. The molecule has 1 N–H and O–H groups in total. The first kappa shape index (κ1) is 21.5. The number of rotatable bonds is 8. The maximum atomic E-state index is 13.2. The molecule has 1 atom stereocenters. The predicted molar refractivity (Wildman–Crippen MR) is 123 cm³/mol. The van der Waals surface area contributed by atoms with Crippen molar-refractivity contribution in [3.05, 3.63) is 120 Å². The maximum Gasteiger partial charge on any atom is 0.246 e. The van der Waals surface area contributed by atoms with E-state index in [0.717, 1.165) is 11.1 Å². The van der Waals surface area contributed by atoms with Gasteiger partial charge in [-0.05, 0) is 42.4 Å². The molecule has 3 aromatic carbocycles. The number of amides is 1. The Labute approximate surface area is 187 Å². The summed E-state index contributed by atoms with van der Waals surface area (Å²) >= 11 is 0. The fourth-order valence-electron chi connectivity index (χ4n) is 3.71. The van der Waals surface area contributed by atoms with Gasteiger partial charge in [0.25, 0.3) is 0 Å². The normalized spacial score (nSPS) is 12.0. The van der Waals surface area contributed by atoms with E-state index in [-0.39, 0.29) is 11.7 Å². The summed E-state index contributed by atoms with van der Waals surface area (Å²) in [5.74, 6) is -0.519. The highest BCUT2D eigenvalue weighted by Crippen LogP contribution is 2.23. The van der Waals surface area contributed by atoms with Crippen LogP contribution in [0.2, 0.25) is 0 Å². The molecule has 0 radical (unpaired) electrons. The van der Waals surface area contributed by atoms with Gasteiger partial charge in [-0.15, -0.1) is 0 Å². The average molecular weight is 429 g/mol. The first-order valence-corrected chi connectivity index (χ1v) is 10.5. The number of nitrogens with zero attached hydrogens (tertiary/aromatic N) is 3. The second kappa shape index (κ2) is 10.0. The zero-order chi connectivity index (χ0) is 22.3. The van der Waals surface area contributed by atoms with Crippen molar-refractivity contribution in [1.82, 2.24) is 14.7 Å². The van der Waals surface area contributed by atoms with Crippen LogP contribution in [0.25, 0.3) is 0 Å². The number of hydrogen-bond acceptors (Lipinski definition) is 3. The van der Waals surface area contributed by atoms with E-state index in [2.05, 4.69) is 22.5 Å². The van der Waals surface area contributed by atoms with E-state index in [4.69, 9.17) is 0 Å². The molecule has 1 heterocycles. The fourth-order valence-corrected chi connectivity index (χ4v) is 3.71. The minimum atomic E-state index is -0.515. The smallest absolute Gasteiger partial charge is 0.246 e. The summed E-state index contributed by atoms with van der Waals surface area (Å²) in [6.45, 7) is 1.24. The number of carbonyl (C=O) groups excluding carboxylic acids is 1. The highest BCUT2D eigenvalue weighted by atomic mass is 19.1. The van der Waals surface area contributed by atoms with Gasteiger partial charge in [0.1, 0.15) is 11.9 Å². The van der Waals surface area contributed by atoms with E-state index in [9.17, 15) is 9.18 Å². The van der Waals surface area contributed by atoms with E-state index in [1.165, 1.54) is 17.7 Å². The third-order valence-corrected chi connectivity index (χ3v) is 5.22. The Kier molecular flexibility index (Phi) is 6.72. The van der Waals surface area contributed by atoms with Gasteiger partial charge in [0.2, 0.25) is 5.91 Å². The van der Waals surface area contributed by atoms with E-state index in [1.807, 2.05) is 77.6 Å². The lowest BCUT2D eigenvalue weighted by Crippen LogP contribution is -2.34. The van der Waals surface area contributed by atoms with Crippen LogP contribution in [-0.2, 0) is 17.9 Å². The van der Waals surface area contributed by atoms with Crippen molar-refractivity contribution in [1.29, 1.82) is 0 Å². The van der Waals surface area contributed by atoms with Crippen molar-refractivity contribution in [3.8, 4) is 0 Å². The largest absolute Gasteiger partial charge is 0.324 e. The summed E-state index contributed by atoms with van der Waals surface area (Å²) in [4.78, 5) is 15.2. The number of aromatic nitrogens is 2. The quantitative estimate of drug-likeness (QED) is 0.435. The maximum absolute atomic E-state index is 13.2. The summed E-state index contributed by atoms with van der Waals surface area (Å²) in [6.07, 6.45) is 3.84. The minimum absolute atomic E-state index is 0.179. The van der Waals surface area contributed by atoms with E-state index in [1.54, 1.807) is 12.1 Å². The third kappa shape index (κ3) is 5.47. The third-order valence-electron chi connectivity index (χ3n) is 5.22. The van der Waals surface area contributed by atoms with Gasteiger partial charge in [0.05, 0.1) is 12.7 Å². The highest BCUT2D eigenvalue weighted by Gasteiger charge is 2.25. The van der Waals surface area contributed by atoms with Crippen LogP contribution in [0, 0.1) is 5.82 Å². The van der Waals surface area contributed by atoms with Gasteiger partial charge >= 0.3 is 0 Å². The molecule has 0 fully saturated rings. The lowest BCUT2D eigenvalue weighted by molar-refractivity contribution is -0.121. The Hall–Kier alpha value is -3.77. The lowest BCUT2D eigenvalue weighted by Gasteiger charge is -2.27. The van der Waals surface area contributed by atoms with Crippen LogP contribution in [0.3, 0.4) is 0 Å². The second-order valence-electron chi connectivity index (χ2n) is 7.76. The zero-order valence-corrected chi connectivity index (χ0v) is 17.9. The van der Waals surface area contributed by atoms with Crippen molar-refractivity contribution in [2.24, 2.45) is 0 Å². The Balaban J connectivity index is 1.50. The molecule has 0 saturated heterocycles. The van der Waals surface area contributed by atoms with Crippen molar-refractivity contribution in [2.75, 3.05) is 12.4 Å². The van der Waals surface area contributed by atoms with E-state index in [0.29, 0.717) is 18.8 Å². The topological polar surface area (TPSA) is 50.2 Å². The number of nitrogens with one attached hydrogen (secondary N) is 1. The van der Waals surface area contributed by atoms with Crippen LogP contribution in [0.1, 0.15) is 22.7 Å². The molecule has 1 aromatic heterocycles. The fraction of sp³-hybridized carbons (Fsp3) is 0.154.